The van der Waals surface area contributed by atoms with E-state index in [2.05, 4.69) is 10.2 Å². The van der Waals surface area contributed by atoms with Gasteiger partial charge in [0.15, 0.2) is 0 Å². The number of para-hydroxylation sites is 2. The highest BCUT2D eigenvalue weighted by molar-refractivity contribution is 6.12. The summed E-state index contributed by atoms with van der Waals surface area (Å²) in [6.07, 6.45) is 4.05. The van der Waals surface area contributed by atoms with Crippen molar-refractivity contribution in [1.82, 2.24) is 4.90 Å². The van der Waals surface area contributed by atoms with E-state index in [1.165, 1.54) is 24.3 Å². The number of hydrogen-bond acceptors (Lipinski definition) is 3. The van der Waals surface area contributed by atoms with Crippen molar-refractivity contribution in [3.63, 3.8) is 0 Å². The van der Waals surface area contributed by atoms with Gasteiger partial charge in [-0.1, -0.05) is 66.7 Å². The first kappa shape index (κ1) is 29.7. The van der Waals surface area contributed by atoms with Crippen LogP contribution >= 0.6 is 0 Å². The fourth-order valence-electron chi connectivity index (χ4n) is 6.66. The van der Waals surface area contributed by atoms with Gasteiger partial charge in [0.25, 0.3) is 5.91 Å². The van der Waals surface area contributed by atoms with Gasteiger partial charge in [-0.3, -0.25) is 14.5 Å². The molecule has 0 radical (unpaired) electrons. The second-order valence-electron chi connectivity index (χ2n) is 11.9. The third-order valence-corrected chi connectivity index (χ3v) is 8.99. The molecule has 6 rings (SSSR count). The molecule has 0 aliphatic carbocycles. The number of amides is 2. The Morgan fingerprint density at radius 2 is 1.39 bits per heavy atom. The van der Waals surface area contributed by atoms with Gasteiger partial charge >= 0.3 is 0 Å². The molecule has 0 saturated carbocycles. The van der Waals surface area contributed by atoms with Crippen molar-refractivity contribution in [2.24, 2.45) is 5.92 Å². The molecule has 226 valence electrons. The number of fused-ring (bicyclic) bond motifs is 1. The number of benzene rings is 4. The molecule has 1 atom stereocenters. The van der Waals surface area contributed by atoms with E-state index < -0.39 is 6.04 Å². The number of carbonyl (C=O) groups excluding carboxylic acids is 2. The SMILES string of the molecule is O=C1Nc2ccccc2N(C(=O)CC2CCN(CCCC(c3ccc(F)cc3)c3ccc(F)cc3)CC2)C1c1ccccc1. The normalized spacial score (nSPS) is 17.4. The maximum Gasteiger partial charge on any atom is 0.252 e. The summed E-state index contributed by atoms with van der Waals surface area (Å²) in [5.41, 5.74) is 4.24. The molecular formula is C37H37F2N3O2. The second kappa shape index (κ2) is 13.5. The molecule has 1 saturated heterocycles. The number of anilines is 2. The smallest absolute Gasteiger partial charge is 0.252 e. The first-order valence-corrected chi connectivity index (χ1v) is 15.5. The Kier molecular flexibility index (Phi) is 9.12. The van der Waals surface area contributed by atoms with Gasteiger partial charge in [-0.15, -0.1) is 0 Å². The maximum absolute atomic E-state index is 13.9. The molecule has 2 aliphatic heterocycles. The predicted octanol–water partition coefficient (Wildman–Crippen LogP) is 7.71. The number of halogens is 2. The van der Waals surface area contributed by atoms with E-state index in [-0.39, 0.29) is 35.3 Å². The Labute approximate surface area is 257 Å². The fourth-order valence-corrected chi connectivity index (χ4v) is 6.66. The van der Waals surface area contributed by atoms with Crippen LogP contribution in [0.5, 0.6) is 0 Å². The topological polar surface area (TPSA) is 52.7 Å². The molecule has 0 aromatic heterocycles. The van der Waals surface area contributed by atoms with E-state index in [1.54, 1.807) is 4.90 Å². The van der Waals surface area contributed by atoms with Gasteiger partial charge in [0.2, 0.25) is 5.91 Å². The number of nitrogens with one attached hydrogen (secondary N) is 1. The molecule has 0 spiro atoms. The van der Waals surface area contributed by atoms with Crippen molar-refractivity contribution in [3.8, 4) is 0 Å². The first-order chi connectivity index (χ1) is 21.5. The van der Waals surface area contributed by atoms with Gasteiger partial charge in [0, 0.05) is 12.3 Å². The van der Waals surface area contributed by atoms with Crippen molar-refractivity contribution in [2.45, 2.75) is 44.1 Å². The van der Waals surface area contributed by atoms with Crippen LogP contribution in [0.1, 0.15) is 60.8 Å². The largest absolute Gasteiger partial charge is 0.322 e. The highest BCUT2D eigenvalue weighted by Crippen LogP contribution is 2.39. The molecule has 1 fully saturated rings. The minimum Gasteiger partial charge on any atom is -0.322 e. The van der Waals surface area contributed by atoms with Gasteiger partial charge in [0.05, 0.1) is 11.4 Å². The molecule has 0 bridgehead atoms. The van der Waals surface area contributed by atoms with E-state index in [4.69, 9.17) is 0 Å². The molecule has 7 heteroatoms. The number of carbonyl (C=O) groups is 2. The van der Waals surface area contributed by atoms with Crippen LogP contribution in [0.4, 0.5) is 20.2 Å². The van der Waals surface area contributed by atoms with Gasteiger partial charge in [-0.05, 0) is 104 Å². The standard InChI is InChI=1S/C37H37F2N3O2/c38-30-16-12-27(13-17-30)32(28-14-18-31(39)19-15-28)9-6-22-41-23-20-26(21-24-41)25-35(43)42-34-11-5-4-10-33(34)40-37(44)36(42)29-7-2-1-3-8-29/h1-5,7-8,10-19,26,32,36H,6,9,20-25H2,(H,40,44). The molecule has 2 heterocycles. The molecular weight excluding hydrogens is 556 g/mol. The summed E-state index contributed by atoms with van der Waals surface area (Å²) in [4.78, 5) is 31.2. The van der Waals surface area contributed by atoms with Crippen LogP contribution in [0.25, 0.3) is 0 Å². The molecule has 1 unspecified atom stereocenters. The minimum atomic E-state index is -0.700. The van der Waals surface area contributed by atoms with Crippen LogP contribution in [0, 0.1) is 17.6 Å². The van der Waals surface area contributed by atoms with Gasteiger partial charge in [-0.25, -0.2) is 8.78 Å². The Balaban J connectivity index is 1.06. The van der Waals surface area contributed by atoms with Crippen LogP contribution in [-0.2, 0) is 9.59 Å². The van der Waals surface area contributed by atoms with E-state index in [9.17, 15) is 18.4 Å². The summed E-state index contributed by atoms with van der Waals surface area (Å²) in [5.74, 6) is -0.446. The van der Waals surface area contributed by atoms with Crippen molar-refractivity contribution in [1.29, 1.82) is 0 Å². The average molecular weight is 594 g/mol. The number of rotatable bonds is 9. The fraction of sp³-hybridized carbons (Fsp3) is 0.297. The number of likely N-dealkylation sites (tertiary alicyclic amines) is 1. The van der Waals surface area contributed by atoms with E-state index in [0.717, 1.165) is 67.7 Å². The van der Waals surface area contributed by atoms with E-state index in [1.807, 2.05) is 78.9 Å². The lowest BCUT2D eigenvalue weighted by Crippen LogP contribution is -2.46. The minimum absolute atomic E-state index is 0.0268. The zero-order valence-corrected chi connectivity index (χ0v) is 24.7. The Hall–Kier alpha value is -4.36. The molecule has 4 aromatic rings. The Morgan fingerprint density at radius 3 is 2.02 bits per heavy atom. The van der Waals surface area contributed by atoms with Crippen LogP contribution in [0.2, 0.25) is 0 Å². The summed E-state index contributed by atoms with van der Waals surface area (Å²) in [7, 11) is 0. The maximum atomic E-state index is 13.9. The molecule has 2 amide bonds. The monoisotopic (exact) mass is 593 g/mol. The van der Waals surface area contributed by atoms with Gasteiger partial charge in [-0.2, -0.15) is 0 Å². The Morgan fingerprint density at radius 1 is 0.795 bits per heavy atom. The highest BCUT2D eigenvalue weighted by atomic mass is 19.1. The number of nitrogens with zero attached hydrogens (tertiary/aromatic N) is 2. The second-order valence-corrected chi connectivity index (χ2v) is 11.9. The number of hydrogen-bond donors (Lipinski definition) is 1. The van der Waals surface area contributed by atoms with Crippen LogP contribution in [0.3, 0.4) is 0 Å². The summed E-state index contributed by atoms with van der Waals surface area (Å²) >= 11 is 0. The van der Waals surface area contributed by atoms with Crippen molar-refractivity contribution in [2.75, 3.05) is 29.9 Å². The summed E-state index contributed by atoms with van der Waals surface area (Å²) in [6.45, 7) is 2.75. The summed E-state index contributed by atoms with van der Waals surface area (Å²) < 4.78 is 27.2. The molecule has 44 heavy (non-hydrogen) atoms. The molecule has 5 nitrogen and oxygen atoms in total. The highest BCUT2D eigenvalue weighted by Gasteiger charge is 2.38. The molecule has 1 N–H and O–H groups in total. The lowest BCUT2D eigenvalue weighted by molar-refractivity contribution is -0.124. The average Bonchev–Trinajstić information content (AvgIpc) is 3.05. The number of piperidine rings is 1. The van der Waals surface area contributed by atoms with Crippen LogP contribution in [-0.4, -0.2) is 36.3 Å². The third-order valence-electron chi connectivity index (χ3n) is 8.99. The molecule has 2 aliphatic rings. The lowest BCUT2D eigenvalue weighted by atomic mass is 9.87. The van der Waals surface area contributed by atoms with Crippen molar-refractivity contribution in [3.05, 3.63) is 131 Å². The van der Waals surface area contributed by atoms with E-state index >= 15 is 0 Å². The van der Waals surface area contributed by atoms with Gasteiger partial charge < -0.3 is 10.2 Å². The predicted molar refractivity (Wildman–Crippen MR) is 169 cm³/mol. The third kappa shape index (κ3) is 6.73. The summed E-state index contributed by atoms with van der Waals surface area (Å²) in [5, 5.41) is 2.98. The van der Waals surface area contributed by atoms with Crippen LogP contribution < -0.4 is 10.2 Å². The Bertz CT molecular complexity index is 1520. The zero-order chi connectivity index (χ0) is 30.5. The van der Waals surface area contributed by atoms with Gasteiger partial charge in [0.1, 0.15) is 17.7 Å². The summed E-state index contributed by atoms with van der Waals surface area (Å²) in [6, 6.07) is 29.5. The van der Waals surface area contributed by atoms with E-state index in [0.29, 0.717) is 12.1 Å². The first-order valence-electron chi connectivity index (χ1n) is 15.5. The van der Waals surface area contributed by atoms with Crippen molar-refractivity contribution >= 4 is 23.2 Å². The van der Waals surface area contributed by atoms with Crippen molar-refractivity contribution < 1.29 is 18.4 Å². The quantitative estimate of drug-likeness (QED) is 0.216. The lowest BCUT2D eigenvalue weighted by Gasteiger charge is -2.38. The van der Waals surface area contributed by atoms with Crippen LogP contribution in [0.15, 0.2) is 103 Å². The zero-order valence-electron chi connectivity index (χ0n) is 24.7. The molecule has 4 aromatic carbocycles.